The summed E-state index contributed by atoms with van der Waals surface area (Å²) in [6.45, 7) is 0. The average Bonchev–Trinajstić information content (AvgIpc) is 3.45. The van der Waals surface area contributed by atoms with Crippen LogP contribution in [0.25, 0.3) is 6.08 Å². The minimum absolute atomic E-state index is 0.273. The van der Waals surface area contributed by atoms with Crippen LogP contribution in [0, 0.1) is 5.92 Å². The molecule has 4 atom stereocenters. The molecular formula is C33H22BrClN2O3. The van der Waals surface area contributed by atoms with Gasteiger partial charge < -0.3 is 10.2 Å². The van der Waals surface area contributed by atoms with E-state index < -0.39 is 23.4 Å². The minimum atomic E-state index is -1.37. The number of carbonyl (C=O) groups excluding carboxylic acids is 3. The summed E-state index contributed by atoms with van der Waals surface area (Å²) in [7, 11) is 0. The standard InChI is InChI=1S/C33H22BrClN2O3/c34-21-15-13-20(14-16-21)29(38)27-28(30(39)23-9-3-5-11-25(23)35)37-18-17-19-7-1-2-8-22(19)31(37)33(27)24-10-4-6-12-26(24)36-32(33)40/h1-18,27-28,31H,(H,36,40)/t27-,28+,31-,33+/m1/s1. The van der Waals surface area contributed by atoms with Crippen molar-refractivity contribution in [3.8, 4) is 0 Å². The third kappa shape index (κ3) is 3.42. The van der Waals surface area contributed by atoms with Crippen molar-refractivity contribution in [2.45, 2.75) is 17.5 Å². The Morgan fingerprint density at radius 3 is 2.35 bits per heavy atom. The fourth-order valence-electron chi connectivity index (χ4n) is 6.78. The van der Waals surface area contributed by atoms with Gasteiger partial charge in [-0.05, 0) is 53.1 Å². The van der Waals surface area contributed by atoms with Gasteiger partial charge in [-0.15, -0.1) is 0 Å². The molecule has 1 spiro atoms. The highest BCUT2D eigenvalue weighted by molar-refractivity contribution is 9.10. The molecule has 1 N–H and O–H groups in total. The van der Waals surface area contributed by atoms with E-state index in [1.165, 1.54) is 0 Å². The van der Waals surface area contributed by atoms with Gasteiger partial charge in [0.15, 0.2) is 11.6 Å². The molecular weight excluding hydrogens is 588 g/mol. The number of Topliss-reactive ketones (excluding diaryl/α,β-unsaturated/α-hetero) is 2. The van der Waals surface area contributed by atoms with Crippen molar-refractivity contribution in [2.24, 2.45) is 5.92 Å². The summed E-state index contributed by atoms with van der Waals surface area (Å²) in [5, 5.41) is 3.37. The molecule has 4 aromatic carbocycles. The van der Waals surface area contributed by atoms with Crippen molar-refractivity contribution in [3.05, 3.63) is 141 Å². The lowest BCUT2D eigenvalue weighted by Crippen LogP contribution is -2.49. The maximum atomic E-state index is 14.7. The van der Waals surface area contributed by atoms with Gasteiger partial charge in [0, 0.05) is 27.5 Å². The van der Waals surface area contributed by atoms with Crippen LogP contribution in [-0.4, -0.2) is 28.4 Å². The van der Waals surface area contributed by atoms with Gasteiger partial charge in [0.05, 0.1) is 17.0 Å². The van der Waals surface area contributed by atoms with E-state index in [4.69, 9.17) is 11.6 Å². The van der Waals surface area contributed by atoms with Gasteiger partial charge in [-0.25, -0.2) is 0 Å². The Balaban J connectivity index is 1.55. The number of fused-ring (bicyclic) bond motifs is 6. The number of anilines is 1. The number of carbonyl (C=O) groups is 3. The Labute approximate surface area is 244 Å². The van der Waals surface area contributed by atoms with Crippen LogP contribution in [0.15, 0.2) is 108 Å². The molecule has 4 aromatic rings. The fraction of sp³-hybridized carbons (Fsp3) is 0.121. The highest BCUT2D eigenvalue weighted by Crippen LogP contribution is 2.62. The maximum Gasteiger partial charge on any atom is 0.238 e. The van der Waals surface area contributed by atoms with Crippen molar-refractivity contribution in [1.29, 1.82) is 0 Å². The highest BCUT2D eigenvalue weighted by Gasteiger charge is 2.70. The van der Waals surface area contributed by atoms with Crippen molar-refractivity contribution in [3.63, 3.8) is 0 Å². The molecule has 196 valence electrons. The average molecular weight is 610 g/mol. The minimum Gasteiger partial charge on any atom is -0.358 e. The lowest BCUT2D eigenvalue weighted by Gasteiger charge is -2.38. The van der Waals surface area contributed by atoms with E-state index >= 15 is 0 Å². The van der Waals surface area contributed by atoms with E-state index in [1.807, 2.05) is 65.7 Å². The molecule has 3 heterocycles. The quantitative estimate of drug-likeness (QED) is 0.251. The Morgan fingerprint density at radius 1 is 0.850 bits per heavy atom. The molecule has 0 aromatic heterocycles. The largest absolute Gasteiger partial charge is 0.358 e. The second-order valence-electron chi connectivity index (χ2n) is 10.3. The first-order chi connectivity index (χ1) is 19.4. The molecule has 7 rings (SSSR count). The number of halogens is 2. The molecule has 1 amide bonds. The number of hydrogen-bond acceptors (Lipinski definition) is 4. The highest BCUT2D eigenvalue weighted by atomic mass is 79.9. The second kappa shape index (κ2) is 9.29. The molecule has 1 saturated heterocycles. The fourth-order valence-corrected chi connectivity index (χ4v) is 7.28. The third-order valence-electron chi connectivity index (χ3n) is 8.39. The Bertz CT molecular complexity index is 1750. The molecule has 0 aliphatic carbocycles. The first-order valence-corrected chi connectivity index (χ1v) is 14.1. The predicted molar refractivity (Wildman–Crippen MR) is 158 cm³/mol. The first kappa shape index (κ1) is 25.0. The van der Waals surface area contributed by atoms with Crippen LogP contribution < -0.4 is 5.32 Å². The Morgan fingerprint density at radius 2 is 1.55 bits per heavy atom. The molecule has 0 unspecified atom stereocenters. The zero-order valence-electron chi connectivity index (χ0n) is 21.1. The van der Waals surface area contributed by atoms with Gasteiger partial charge in [-0.1, -0.05) is 94.3 Å². The summed E-state index contributed by atoms with van der Waals surface area (Å²) < 4.78 is 0.826. The van der Waals surface area contributed by atoms with E-state index in [1.54, 1.807) is 48.5 Å². The van der Waals surface area contributed by atoms with Gasteiger partial charge in [-0.3, -0.25) is 14.4 Å². The van der Waals surface area contributed by atoms with Crippen LogP contribution in [0.3, 0.4) is 0 Å². The number of rotatable bonds is 4. The second-order valence-corrected chi connectivity index (χ2v) is 11.6. The van der Waals surface area contributed by atoms with Gasteiger partial charge in [-0.2, -0.15) is 0 Å². The van der Waals surface area contributed by atoms with Gasteiger partial charge in [0.2, 0.25) is 5.91 Å². The molecule has 7 heteroatoms. The van der Waals surface area contributed by atoms with E-state index in [2.05, 4.69) is 21.2 Å². The number of nitrogens with one attached hydrogen (secondary N) is 1. The zero-order chi connectivity index (χ0) is 27.6. The molecule has 0 saturated carbocycles. The summed E-state index contributed by atoms with van der Waals surface area (Å²) in [4.78, 5) is 45.6. The topological polar surface area (TPSA) is 66.5 Å². The molecule has 0 bridgehead atoms. The van der Waals surface area contributed by atoms with E-state index in [0.717, 1.165) is 15.6 Å². The molecule has 1 fully saturated rings. The van der Waals surface area contributed by atoms with Gasteiger partial charge in [0.25, 0.3) is 0 Å². The summed E-state index contributed by atoms with van der Waals surface area (Å²) >= 11 is 10.00. The smallest absolute Gasteiger partial charge is 0.238 e. The molecule has 40 heavy (non-hydrogen) atoms. The third-order valence-corrected chi connectivity index (χ3v) is 9.25. The number of benzene rings is 4. The zero-order valence-corrected chi connectivity index (χ0v) is 23.4. The van der Waals surface area contributed by atoms with Crippen LogP contribution >= 0.6 is 27.5 Å². The first-order valence-electron chi connectivity index (χ1n) is 13.0. The van der Waals surface area contributed by atoms with Crippen LogP contribution in [0.2, 0.25) is 5.02 Å². The van der Waals surface area contributed by atoms with E-state index in [9.17, 15) is 14.4 Å². The maximum absolute atomic E-state index is 14.7. The molecule has 5 nitrogen and oxygen atoms in total. The predicted octanol–water partition coefficient (Wildman–Crippen LogP) is 7.08. The van der Waals surface area contributed by atoms with Crippen LogP contribution in [0.1, 0.15) is 43.4 Å². The number of ketones is 2. The van der Waals surface area contributed by atoms with E-state index in [0.29, 0.717) is 27.4 Å². The Kier molecular flexibility index (Phi) is 5.81. The molecule has 3 aliphatic rings. The van der Waals surface area contributed by atoms with Crippen LogP contribution in [-0.2, 0) is 10.2 Å². The normalized spacial score (nSPS) is 23.9. The van der Waals surface area contributed by atoms with Gasteiger partial charge in [0.1, 0.15) is 11.5 Å². The summed E-state index contributed by atoms with van der Waals surface area (Å²) in [6.07, 6.45) is 3.80. The van der Waals surface area contributed by atoms with Crippen molar-refractivity contribution in [2.75, 3.05) is 5.32 Å². The van der Waals surface area contributed by atoms with Crippen molar-refractivity contribution >= 4 is 56.8 Å². The lowest BCUT2D eigenvalue weighted by molar-refractivity contribution is -0.122. The number of hydrogen-bond donors (Lipinski definition) is 1. The summed E-state index contributed by atoms with van der Waals surface area (Å²) in [5.74, 6) is -1.91. The number of amides is 1. The lowest BCUT2D eigenvalue weighted by atomic mass is 9.62. The Hall–Kier alpha value is -4.00. The molecule has 3 aliphatic heterocycles. The van der Waals surface area contributed by atoms with Crippen LogP contribution in [0.4, 0.5) is 5.69 Å². The SMILES string of the molecule is O=C(c1ccccc1Cl)[C@@H]1[C@H](C(=O)c2ccc(Br)cc2)[C@]2(C(=O)Nc3ccccc32)[C@H]2c3ccccc3C=CN12. The summed E-state index contributed by atoms with van der Waals surface area (Å²) in [5.41, 5.74) is 2.57. The van der Waals surface area contributed by atoms with Crippen molar-refractivity contribution < 1.29 is 14.4 Å². The number of nitrogens with zero attached hydrogens (tertiary/aromatic N) is 1. The monoisotopic (exact) mass is 608 g/mol. The van der Waals surface area contributed by atoms with E-state index in [-0.39, 0.29) is 17.5 Å². The van der Waals surface area contributed by atoms with Crippen molar-refractivity contribution in [1.82, 2.24) is 4.90 Å². The van der Waals surface area contributed by atoms with Crippen LogP contribution in [0.5, 0.6) is 0 Å². The number of para-hydroxylation sites is 1. The van der Waals surface area contributed by atoms with Gasteiger partial charge >= 0.3 is 0 Å². The summed E-state index contributed by atoms with van der Waals surface area (Å²) in [6, 6.07) is 27.7. The molecule has 0 radical (unpaired) electrons.